The Labute approximate surface area is 107 Å². The molecule has 2 rings (SSSR count). The van der Waals surface area contributed by atoms with Crippen molar-refractivity contribution in [1.82, 2.24) is 4.90 Å². The summed E-state index contributed by atoms with van der Waals surface area (Å²) in [6.07, 6.45) is 5.26. The summed E-state index contributed by atoms with van der Waals surface area (Å²) in [7, 11) is 0. The third-order valence-electron chi connectivity index (χ3n) is 5.44. The van der Waals surface area contributed by atoms with Gasteiger partial charge in [-0.15, -0.1) is 0 Å². The number of hydrogen-bond acceptors (Lipinski definition) is 2. The van der Waals surface area contributed by atoms with E-state index >= 15 is 0 Å². The number of rotatable bonds is 2. The molecule has 1 aliphatic carbocycles. The van der Waals surface area contributed by atoms with Crippen molar-refractivity contribution >= 4 is 0 Å². The predicted molar refractivity (Wildman–Crippen MR) is 73.9 cm³/mol. The van der Waals surface area contributed by atoms with Gasteiger partial charge in [-0.25, -0.2) is 0 Å². The van der Waals surface area contributed by atoms with E-state index in [0.29, 0.717) is 11.5 Å². The molecule has 1 saturated carbocycles. The molecule has 2 N–H and O–H groups in total. The van der Waals surface area contributed by atoms with Crippen LogP contribution in [0.3, 0.4) is 0 Å². The van der Waals surface area contributed by atoms with Crippen molar-refractivity contribution in [2.45, 2.75) is 65.5 Å². The standard InChI is InChI=1S/C15H30N2/c1-11-8-12(2)13(3)17(9-11)10-15(4)7-5-6-14(15)16/h11-14H,5-10,16H2,1-4H3. The fourth-order valence-corrected chi connectivity index (χ4v) is 3.96. The summed E-state index contributed by atoms with van der Waals surface area (Å²) in [6.45, 7) is 12.1. The van der Waals surface area contributed by atoms with Gasteiger partial charge >= 0.3 is 0 Å². The van der Waals surface area contributed by atoms with Gasteiger partial charge < -0.3 is 5.73 Å². The smallest absolute Gasteiger partial charge is 0.0105 e. The summed E-state index contributed by atoms with van der Waals surface area (Å²) in [5.41, 5.74) is 6.68. The van der Waals surface area contributed by atoms with Gasteiger partial charge in [-0.3, -0.25) is 4.90 Å². The summed E-state index contributed by atoms with van der Waals surface area (Å²) < 4.78 is 0. The minimum atomic E-state index is 0.366. The monoisotopic (exact) mass is 238 g/mol. The van der Waals surface area contributed by atoms with Crippen molar-refractivity contribution in [3.63, 3.8) is 0 Å². The minimum Gasteiger partial charge on any atom is -0.327 e. The first-order valence-corrected chi connectivity index (χ1v) is 7.42. The maximum atomic E-state index is 6.32. The number of hydrogen-bond donors (Lipinski definition) is 1. The second-order valence-electron chi connectivity index (χ2n) is 7.14. The van der Waals surface area contributed by atoms with Crippen LogP contribution in [0, 0.1) is 17.3 Å². The molecule has 2 fully saturated rings. The molecule has 0 aromatic heterocycles. The third-order valence-corrected chi connectivity index (χ3v) is 5.44. The Morgan fingerprint density at radius 2 is 2.00 bits per heavy atom. The van der Waals surface area contributed by atoms with Crippen molar-refractivity contribution in [2.75, 3.05) is 13.1 Å². The summed E-state index contributed by atoms with van der Waals surface area (Å²) >= 11 is 0. The second kappa shape index (κ2) is 4.89. The molecule has 0 aromatic rings. The van der Waals surface area contributed by atoms with Crippen LogP contribution in [-0.2, 0) is 0 Å². The molecule has 2 aliphatic rings. The highest BCUT2D eigenvalue weighted by Crippen LogP contribution is 2.39. The quantitative estimate of drug-likeness (QED) is 0.801. The molecule has 0 bridgehead atoms. The van der Waals surface area contributed by atoms with Gasteiger partial charge in [-0.2, -0.15) is 0 Å². The number of nitrogens with zero attached hydrogens (tertiary/aromatic N) is 1. The molecule has 1 aliphatic heterocycles. The van der Waals surface area contributed by atoms with Gasteiger partial charge in [0.2, 0.25) is 0 Å². The minimum absolute atomic E-state index is 0.366. The number of likely N-dealkylation sites (tertiary alicyclic amines) is 1. The molecule has 2 nitrogen and oxygen atoms in total. The molecule has 1 heterocycles. The van der Waals surface area contributed by atoms with E-state index in [0.717, 1.165) is 17.9 Å². The molecular weight excluding hydrogens is 208 g/mol. The molecule has 5 unspecified atom stereocenters. The van der Waals surface area contributed by atoms with Gasteiger partial charge in [-0.05, 0) is 43.4 Å². The third kappa shape index (κ3) is 2.68. The van der Waals surface area contributed by atoms with E-state index in [9.17, 15) is 0 Å². The zero-order valence-corrected chi connectivity index (χ0v) is 12.1. The van der Waals surface area contributed by atoms with Crippen LogP contribution in [0.2, 0.25) is 0 Å². The van der Waals surface area contributed by atoms with E-state index in [4.69, 9.17) is 5.73 Å². The molecule has 0 amide bonds. The van der Waals surface area contributed by atoms with Crippen LogP contribution in [-0.4, -0.2) is 30.1 Å². The van der Waals surface area contributed by atoms with Gasteiger partial charge in [0.05, 0.1) is 0 Å². The average Bonchev–Trinajstić information content (AvgIpc) is 2.55. The zero-order valence-electron chi connectivity index (χ0n) is 12.1. The summed E-state index contributed by atoms with van der Waals surface area (Å²) in [4.78, 5) is 2.71. The Kier molecular flexibility index (Phi) is 3.84. The predicted octanol–water partition coefficient (Wildman–Crippen LogP) is 2.87. The first-order chi connectivity index (χ1) is 7.92. The van der Waals surface area contributed by atoms with Crippen LogP contribution < -0.4 is 5.73 Å². The lowest BCUT2D eigenvalue weighted by Gasteiger charge is -2.45. The van der Waals surface area contributed by atoms with Gasteiger partial charge in [0.15, 0.2) is 0 Å². The SMILES string of the molecule is CC1CC(C)C(C)N(CC2(C)CCCC2N)C1. The van der Waals surface area contributed by atoms with Crippen LogP contribution in [0.5, 0.6) is 0 Å². The van der Waals surface area contributed by atoms with Crippen molar-refractivity contribution < 1.29 is 0 Å². The summed E-state index contributed by atoms with van der Waals surface area (Å²) in [6, 6.07) is 1.15. The van der Waals surface area contributed by atoms with Gasteiger partial charge in [-0.1, -0.05) is 27.2 Å². The van der Waals surface area contributed by atoms with Crippen LogP contribution in [0.25, 0.3) is 0 Å². The highest BCUT2D eigenvalue weighted by atomic mass is 15.2. The number of piperidine rings is 1. The maximum absolute atomic E-state index is 6.32. The maximum Gasteiger partial charge on any atom is 0.0105 e. The molecule has 17 heavy (non-hydrogen) atoms. The van der Waals surface area contributed by atoms with Gasteiger partial charge in [0.1, 0.15) is 0 Å². The Balaban J connectivity index is 2.01. The molecule has 0 spiro atoms. The van der Waals surface area contributed by atoms with Crippen molar-refractivity contribution in [3.05, 3.63) is 0 Å². The molecule has 2 heteroatoms. The van der Waals surface area contributed by atoms with Crippen LogP contribution in [0.15, 0.2) is 0 Å². The lowest BCUT2D eigenvalue weighted by Crippen LogP contribution is -2.52. The fourth-order valence-electron chi connectivity index (χ4n) is 3.96. The Hall–Kier alpha value is -0.0800. The van der Waals surface area contributed by atoms with E-state index in [1.807, 2.05) is 0 Å². The zero-order chi connectivity index (χ0) is 12.6. The Morgan fingerprint density at radius 1 is 1.29 bits per heavy atom. The van der Waals surface area contributed by atoms with E-state index in [1.54, 1.807) is 0 Å². The topological polar surface area (TPSA) is 29.3 Å². The lowest BCUT2D eigenvalue weighted by molar-refractivity contribution is 0.0383. The molecule has 0 radical (unpaired) electrons. The fraction of sp³-hybridized carbons (Fsp3) is 1.00. The Bertz CT molecular complexity index is 266. The summed E-state index contributed by atoms with van der Waals surface area (Å²) in [5.74, 6) is 1.68. The normalized spacial score (nSPS) is 48.5. The van der Waals surface area contributed by atoms with Crippen molar-refractivity contribution in [3.8, 4) is 0 Å². The van der Waals surface area contributed by atoms with E-state index in [1.165, 1.54) is 38.8 Å². The summed E-state index contributed by atoms with van der Waals surface area (Å²) in [5, 5.41) is 0. The van der Waals surface area contributed by atoms with Crippen LogP contribution in [0.1, 0.15) is 53.4 Å². The highest BCUT2D eigenvalue weighted by molar-refractivity contribution is 4.95. The van der Waals surface area contributed by atoms with Gasteiger partial charge in [0.25, 0.3) is 0 Å². The molecule has 0 aromatic carbocycles. The first kappa shape index (κ1) is 13.4. The number of nitrogens with two attached hydrogens (primary N) is 1. The van der Waals surface area contributed by atoms with E-state index in [-0.39, 0.29) is 0 Å². The van der Waals surface area contributed by atoms with Crippen LogP contribution in [0.4, 0.5) is 0 Å². The van der Waals surface area contributed by atoms with Gasteiger partial charge in [0, 0.05) is 25.2 Å². The first-order valence-electron chi connectivity index (χ1n) is 7.42. The second-order valence-corrected chi connectivity index (χ2v) is 7.14. The van der Waals surface area contributed by atoms with Crippen LogP contribution >= 0.6 is 0 Å². The molecule has 5 atom stereocenters. The molecule has 100 valence electrons. The largest absolute Gasteiger partial charge is 0.327 e. The lowest BCUT2D eigenvalue weighted by atomic mass is 9.80. The Morgan fingerprint density at radius 3 is 2.59 bits per heavy atom. The van der Waals surface area contributed by atoms with Crippen molar-refractivity contribution in [1.29, 1.82) is 0 Å². The van der Waals surface area contributed by atoms with E-state index < -0.39 is 0 Å². The van der Waals surface area contributed by atoms with E-state index in [2.05, 4.69) is 32.6 Å². The highest BCUT2D eigenvalue weighted by Gasteiger charge is 2.40. The average molecular weight is 238 g/mol. The molecular formula is C15H30N2. The van der Waals surface area contributed by atoms with Crippen molar-refractivity contribution in [2.24, 2.45) is 23.0 Å². The molecule has 1 saturated heterocycles.